The Morgan fingerprint density at radius 3 is 2.32 bits per heavy atom. The fourth-order valence-electron chi connectivity index (χ4n) is 6.32. The minimum Gasteiger partial charge on any atom is -0.381 e. The average Bonchev–Trinajstić information content (AvgIpc) is 3.61. The number of ether oxygens (including phenoxy) is 1. The number of piperidine rings is 1. The van der Waals surface area contributed by atoms with Gasteiger partial charge in [0.05, 0.1) is 0 Å². The van der Waals surface area contributed by atoms with Crippen molar-refractivity contribution >= 4 is 5.91 Å². The summed E-state index contributed by atoms with van der Waals surface area (Å²) in [6, 6.07) is 21.6. The molecule has 3 fully saturated rings. The third-order valence-corrected chi connectivity index (χ3v) is 9.04. The first kappa shape index (κ1) is 23.6. The molecule has 2 aliphatic heterocycles. The molecule has 4 nitrogen and oxygen atoms in total. The van der Waals surface area contributed by atoms with E-state index < -0.39 is 0 Å². The van der Waals surface area contributed by atoms with E-state index in [9.17, 15) is 4.79 Å². The molecule has 2 saturated heterocycles. The highest BCUT2D eigenvalue weighted by atomic mass is 16.5. The van der Waals surface area contributed by atoms with Crippen LogP contribution in [0, 0.1) is 11.3 Å². The van der Waals surface area contributed by atoms with Gasteiger partial charge < -0.3 is 15.0 Å². The molecule has 182 valence electrons. The standard InChI is InChI=1S/C30H40N2O2/c1-24(25-8-4-2-5-9-25)12-17-32-18-13-29(14-19-32)22-27(29)28(33)31-23-30(15-20-34-21-16-30)26-10-6-3-7-11-26/h2-11,24,27H,12-23H2,1H3,(H,31,33)/t24-,27+/m1/s1. The van der Waals surface area contributed by atoms with E-state index in [2.05, 4.69) is 77.8 Å². The number of nitrogens with zero attached hydrogens (tertiary/aromatic N) is 1. The summed E-state index contributed by atoms with van der Waals surface area (Å²) in [5, 5.41) is 3.39. The van der Waals surface area contributed by atoms with E-state index in [1.807, 2.05) is 0 Å². The van der Waals surface area contributed by atoms with Crippen molar-refractivity contribution in [2.24, 2.45) is 11.3 Å². The molecule has 1 aliphatic carbocycles. The molecule has 1 N–H and O–H groups in total. The second kappa shape index (κ2) is 10.2. The maximum absolute atomic E-state index is 13.2. The number of hydrogen-bond donors (Lipinski definition) is 1. The van der Waals surface area contributed by atoms with E-state index in [-0.39, 0.29) is 22.7 Å². The van der Waals surface area contributed by atoms with Gasteiger partial charge >= 0.3 is 0 Å². The van der Waals surface area contributed by atoms with Crippen LogP contribution in [-0.4, -0.2) is 50.2 Å². The lowest BCUT2D eigenvalue weighted by Gasteiger charge is -2.38. The van der Waals surface area contributed by atoms with Crippen molar-refractivity contribution in [2.45, 2.75) is 56.8 Å². The highest BCUT2D eigenvalue weighted by Crippen LogP contribution is 2.59. The quantitative estimate of drug-likeness (QED) is 0.593. The second-order valence-electron chi connectivity index (χ2n) is 11.0. The third kappa shape index (κ3) is 5.08. The van der Waals surface area contributed by atoms with Gasteiger partial charge in [-0.1, -0.05) is 67.6 Å². The Kier molecular flexibility index (Phi) is 7.08. The second-order valence-corrected chi connectivity index (χ2v) is 11.0. The van der Waals surface area contributed by atoms with Crippen molar-refractivity contribution in [3.8, 4) is 0 Å². The number of hydrogen-bond acceptors (Lipinski definition) is 3. The van der Waals surface area contributed by atoms with Crippen LogP contribution < -0.4 is 5.32 Å². The van der Waals surface area contributed by atoms with Crippen molar-refractivity contribution in [3.05, 3.63) is 71.8 Å². The van der Waals surface area contributed by atoms with E-state index >= 15 is 0 Å². The van der Waals surface area contributed by atoms with Crippen LogP contribution in [0.25, 0.3) is 0 Å². The van der Waals surface area contributed by atoms with Gasteiger partial charge in [0.1, 0.15) is 0 Å². The smallest absolute Gasteiger partial charge is 0.223 e. The van der Waals surface area contributed by atoms with Gasteiger partial charge in [-0.25, -0.2) is 0 Å². The predicted octanol–water partition coefficient (Wildman–Crippen LogP) is 5.15. The molecular weight excluding hydrogens is 420 g/mol. The maximum atomic E-state index is 13.2. The Hall–Kier alpha value is -2.17. The Morgan fingerprint density at radius 1 is 1.00 bits per heavy atom. The minimum absolute atomic E-state index is 0.00995. The molecule has 0 unspecified atom stereocenters. The SMILES string of the molecule is C[C@H](CCN1CCC2(CC1)C[C@H]2C(=O)NCC1(c2ccccc2)CCOCC1)c1ccccc1. The molecular formula is C30H40N2O2. The molecule has 4 heteroatoms. The van der Waals surface area contributed by atoms with Crippen LogP contribution in [0.1, 0.15) is 62.5 Å². The molecule has 1 amide bonds. The van der Waals surface area contributed by atoms with Crippen LogP contribution in [0.4, 0.5) is 0 Å². The molecule has 1 spiro atoms. The highest BCUT2D eigenvalue weighted by molar-refractivity contribution is 5.82. The minimum atomic E-state index is 0.00995. The summed E-state index contributed by atoms with van der Waals surface area (Å²) in [5.41, 5.74) is 3.05. The van der Waals surface area contributed by atoms with Crippen molar-refractivity contribution in [2.75, 3.05) is 39.4 Å². The van der Waals surface area contributed by atoms with Gasteiger partial charge in [-0.05, 0) is 80.6 Å². The molecule has 5 rings (SSSR count). The molecule has 3 aliphatic rings. The largest absolute Gasteiger partial charge is 0.381 e. The van der Waals surface area contributed by atoms with Crippen LogP contribution in [0.15, 0.2) is 60.7 Å². The van der Waals surface area contributed by atoms with Gasteiger partial charge in [-0.2, -0.15) is 0 Å². The Labute approximate surface area is 205 Å². The first-order valence-electron chi connectivity index (χ1n) is 13.3. The van der Waals surface area contributed by atoms with Crippen molar-refractivity contribution in [1.29, 1.82) is 0 Å². The predicted molar refractivity (Wildman–Crippen MR) is 137 cm³/mol. The van der Waals surface area contributed by atoms with Crippen molar-refractivity contribution < 1.29 is 9.53 Å². The van der Waals surface area contributed by atoms with Crippen LogP contribution in [0.3, 0.4) is 0 Å². The van der Waals surface area contributed by atoms with E-state index in [1.54, 1.807) is 0 Å². The number of likely N-dealkylation sites (tertiary alicyclic amines) is 1. The number of nitrogens with one attached hydrogen (secondary N) is 1. The molecule has 0 radical (unpaired) electrons. The fraction of sp³-hybridized carbons (Fsp3) is 0.567. The van der Waals surface area contributed by atoms with Crippen LogP contribution in [0.2, 0.25) is 0 Å². The highest BCUT2D eigenvalue weighted by Gasteiger charge is 2.58. The van der Waals surface area contributed by atoms with Gasteiger partial charge in [0.2, 0.25) is 5.91 Å². The summed E-state index contributed by atoms with van der Waals surface area (Å²) >= 11 is 0. The Bertz CT molecular complexity index is 931. The summed E-state index contributed by atoms with van der Waals surface area (Å²) in [7, 11) is 0. The lowest BCUT2D eigenvalue weighted by Crippen LogP contribution is -2.45. The van der Waals surface area contributed by atoms with Gasteiger partial charge in [0.25, 0.3) is 0 Å². The summed E-state index contributed by atoms with van der Waals surface area (Å²) in [5.74, 6) is 1.09. The topological polar surface area (TPSA) is 41.6 Å². The number of rotatable bonds is 8. The van der Waals surface area contributed by atoms with Crippen molar-refractivity contribution in [1.82, 2.24) is 10.2 Å². The molecule has 34 heavy (non-hydrogen) atoms. The summed E-state index contributed by atoms with van der Waals surface area (Å²) in [6.45, 7) is 8.05. The first-order chi connectivity index (χ1) is 16.6. The lowest BCUT2D eigenvalue weighted by atomic mass is 9.74. The Balaban J connectivity index is 1.09. The summed E-state index contributed by atoms with van der Waals surface area (Å²) in [4.78, 5) is 15.8. The number of benzene rings is 2. The monoisotopic (exact) mass is 460 g/mol. The normalized spacial score (nSPS) is 24.4. The average molecular weight is 461 g/mol. The molecule has 2 atom stereocenters. The molecule has 2 aromatic rings. The van der Waals surface area contributed by atoms with E-state index in [4.69, 9.17) is 4.74 Å². The number of carbonyl (C=O) groups is 1. The van der Waals surface area contributed by atoms with Crippen LogP contribution in [-0.2, 0) is 14.9 Å². The lowest BCUT2D eigenvalue weighted by molar-refractivity contribution is -0.124. The zero-order chi connectivity index (χ0) is 23.4. The molecule has 0 aromatic heterocycles. The number of carbonyl (C=O) groups excluding carboxylic acids is 1. The first-order valence-corrected chi connectivity index (χ1v) is 13.3. The third-order valence-electron chi connectivity index (χ3n) is 9.04. The zero-order valence-electron chi connectivity index (χ0n) is 20.7. The van der Waals surface area contributed by atoms with Gasteiger partial charge in [0, 0.05) is 31.1 Å². The van der Waals surface area contributed by atoms with E-state index in [1.165, 1.54) is 30.4 Å². The van der Waals surface area contributed by atoms with Crippen molar-refractivity contribution in [3.63, 3.8) is 0 Å². The molecule has 2 aromatic carbocycles. The molecule has 1 saturated carbocycles. The number of amides is 1. The van der Waals surface area contributed by atoms with E-state index in [0.717, 1.165) is 58.7 Å². The van der Waals surface area contributed by atoms with Gasteiger partial charge in [0.15, 0.2) is 0 Å². The van der Waals surface area contributed by atoms with Gasteiger partial charge in [-0.15, -0.1) is 0 Å². The Morgan fingerprint density at radius 2 is 1.65 bits per heavy atom. The molecule has 2 heterocycles. The van der Waals surface area contributed by atoms with Crippen LogP contribution in [0.5, 0.6) is 0 Å². The summed E-state index contributed by atoms with van der Waals surface area (Å²) in [6.07, 6.45) is 6.57. The van der Waals surface area contributed by atoms with E-state index in [0.29, 0.717) is 5.92 Å². The fourth-order valence-corrected chi connectivity index (χ4v) is 6.32. The van der Waals surface area contributed by atoms with Gasteiger partial charge in [-0.3, -0.25) is 4.79 Å². The molecule has 0 bridgehead atoms. The van der Waals surface area contributed by atoms with Crippen LogP contribution >= 0.6 is 0 Å². The maximum Gasteiger partial charge on any atom is 0.223 e. The zero-order valence-corrected chi connectivity index (χ0v) is 20.7. The summed E-state index contributed by atoms with van der Waals surface area (Å²) < 4.78 is 5.66.